The molecule has 0 radical (unpaired) electrons. The molecule has 3 heterocycles. The lowest BCUT2D eigenvalue weighted by atomic mass is 9.99. The Balaban J connectivity index is 1.66. The SMILES string of the molecule is Fc1ccc(-c2ncccc2-c2ccn3nccc3n2)cc1C1CC1. The normalized spacial score (nSPS) is 14.1. The van der Waals surface area contributed by atoms with Crippen LogP contribution in [0.1, 0.15) is 24.3 Å². The largest absolute Gasteiger partial charge is 0.256 e. The molecule has 1 fully saturated rings. The highest BCUT2D eigenvalue weighted by molar-refractivity contribution is 5.79. The molecule has 25 heavy (non-hydrogen) atoms. The molecular formula is C20H15FN4. The van der Waals surface area contributed by atoms with E-state index in [1.807, 2.05) is 36.5 Å². The first kappa shape index (κ1) is 14.3. The number of fused-ring (bicyclic) bond motifs is 1. The Bertz CT molecular complexity index is 1080. The molecule has 0 aliphatic heterocycles. The van der Waals surface area contributed by atoms with Crippen molar-refractivity contribution < 1.29 is 4.39 Å². The van der Waals surface area contributed by atoms with Crippen molar-refractivity contribution in [2.45, 2.75) is 18.8 Å². The maximum absolute atomic E-state index is 14.1. The van der Waals surface area contributed by atoms with Gasteiger partial charge in [-0.15, -0.1) is 0 Å². The van der Waals surface area contributed by atoms with Crippen molar-refractivity contribution in [3.05, 3.63) is 72.4 Å². The molecule has 0 saturated heterocycles. The van der Waals surface area contributed by atoms with Crippen LogP contribution in [-0.4, -0.2) is 19.6 Å². The lowest BCUT2D eigenvalue weighted by molar-refractivity contribution is 0.611. The molecule has 0 spiro atoms. The van der Waals surface area contributed by atoms with Crippen LogP contribution in [0.25, 0.3) is 28.2 Å². The predicted molar refractivity (Wildman–Crippen MR) is 93.6 cm³/mol. The highest BCUT2D eigenvalue weighted by Gasteiger charge is 2.27. The molecule has 1 aromatic carbocycles. The summed E-state index contributed by atoms with van der Waals surface area (Å²) < 4.78 is 15.8. The second kappa shape index (κ2) is 5.48. The number of pyridine rings is 1. The molecule has 1 aliphatic carbocycles. The Kier molecular flexibility index (Phi) is 3.13. The van der Waals surface area contributed by atoms with Gasteiger partial charge in [-0.2, -0.15) is 5.10 Å². The van der Waals surface area contributed by atoms with E-state index in [1.165, 1.54) is 0 Å². The van der Waals surface area contributed by atoms with Gasteiger partial charge in [-0.05, 0) is 60.7 Å². The van der Waals surface area contributed by atoms with E-state index in [4.69, 9.17) is 0 Å². The van der Waals surface area contributed by atoms with E-state index < -0.39 is 0 Å². The molecule has 0 atom stereocenters. The van der Waals surface area contributed by atoms with E-state index >= 15 is 0 Å². The van der Waals surface area contributed by atoms with E-state index in [9.17, 15) is 4.39 Å². The zero-order valence-corrected chi connectivity index (χ0v) is 13.4. The molecule has 1 saturated carbocycles. The first-order chi connectivity index (χ1) is 12.3. The summed E-state index contributed by atoms with van der Waals surface area (Å²) in [6.07, 6.45) is 7.49. The van der Waals surface area contributed by atoms with Crippen LogP contribution >= 0.6 is 0 Å². The third kappa shape index (κ3) is 2.48. The summed E-state index contributed by atoms with van der Waals surface area (Å²) in [7, 11) is 0. The maximum atomic E-state index is 14.1. The molecule has 1 aliphatic rings. The first-order valence-corrected chi connectivity index (χ1v) is 8.35. The number of nitrogens with zero attached hydrogens (tertiary/aromatic N) is 4. The van der Waals surface area contributed by atoms with Crippen molar-refractivity contribution >= 4 is 5.65 Å². The monoisotopic (exact) mass is 330 g/mol. The van der Waals surface area contributed by atoms with Crippen LogP contribution in [0.4, 0.5) is 4.39 Å². The van der Waals surface area contributed by atoms with E-state index in [-0.39, 0.29) is 5.82 Å². The molecule has 0 unspecified atom stereocenters. The van der Waals surface area contributed by atoms with Gasteiger partial charge in [0.25, 0.3) is 0 Å². The Morgan fingerprint density at radius 1 is 1.04 bits per heavy atom. The summed E-state index contributed by atoms with van der Waals surface area (Å²) >= 11 is 0. The minimum atomic E-state index is -0.123. The summed E-state index contributed by atoms with van der Waals surface area (Å²) in [4.78, 5) is 9.22. The van der Waals surface area contributed by atoms with Gasteiger partial charge in [0, 0.05) is 29.6 Å². The lowest BCUT2D eigenvalue weighted by Gasteiger charge is -2.10. The van der Waals surface area contributed by atoms with Gasteiger partial charge >= 0.3 is 0 Å². The molecule has 4 nitrogen and oxygen atoms in total. The Hall–Kier alpha value is -3.08. The van der Waals surface area contributed by atoms with Crippen molar-refractivity contribution in [2.24, 2.45) is 0 Å². The van der Waals surface area contributed by atoms with Gasteiger partial charge in [-0.25, -0.2) is 13.9 Å². The van der Waals surface area contributed by atoms with Crippen LogP contribution < -0.4 is 0 Å². The fourth-order valence-electron chi connectivity index (χ4n) is 3.20. The first-order valence-electron chi connectivity index (χ1n) is 8.35. The standard InChI is InChI=1S/C20H15FN4/c21-17-6-5-14(12-16(17)13-3-4-13)20-15(2-1-9-22-20)18-8-11-25-19(24-18)7-10-23-25/h1-2,5-13H,3-4H2. The van der Waals surface area contributed by atoms with Crippen LogP contribution in [0, 0.1) is 5.82 Å². The van der Waals surface area contributed by atoms with Crippen molar-refractivity contribution in [3.8, 4) is 22.5 Å². The zero-order valence-electron chi connectivity index (χ0n) is 13.4. The van der Waals surface area contributed by atoms with Crippen LogP contribution in [-0.2, 0) is 0 Å². The van der Waals surface area contributed by atoms with Crippen molar-refractivity contribution in [1.29, 1.82) is 0 Å². The van der Waals surface area contributed by atoms with Gasteiger partial charge in [-0.1, -0.05) is 0 Å². The highest BCUT2D eigenvalue weighted by Crippen LogP contribution is 2.43. The van der Waals surface area contributed by atoms with Gasteiger partial charge in [0.1, 0.15) is 5.82 Å². The third-order valence-electron chi connectivity index (χ3n) is 4.63. The molecule has 3 aromatic heterocycles. The van der Waals surface area contributed by atoms with Gasteiger partial charge in [0.15, 0.2) is 5.65 Å². The summed E-state index contributed by atoms with van der Waals surface area (Å²) in [6.45, 7) is 0. The number of benzene rings is 1. The van der Waals surface area contributed by atoms with Gasteiger partial charge in [0.05, 0.1) is 17.6 Å². The molecule has 122 valence electrons. The van der Waals surface area contributed by atoms with E-state index in [1.54, 1.807) is 29.0 Å². The second-order valence-corrected chi connectivity index (χ2v) is 6.36. The Labute approximate surface area is 144 Å². The topological polar surface area (TPSA) is 43.1 Å². The second-order valence-electron chi connectivity index (χ2n) is 6.36. The van der Waals surface area contributed by atoms with Crippen molar-refractivity contribution in [3.63, 3.8) is 0 Å². The number of aromatic nitrogens is 4. The molecule has 4 aromatic rings. The van der Waals surface area contributed by atoms with Gasteiger partial charge in [0.2, 0.25) is 0 Å². The van der Waals surface area contributed by atoms with Crippen molar-refractivity contribution in [2.75, 3.05) is 0 Å². The molecule has 0 N–H and O–H groups in total. The fraction of sp³-hybridized carbons (Fsp3) is 0.150. The molecule has 0 bridgehead atoms. The van der Waals surface area contributed by atoms with Crippen LogP contribution in [0.5, 0.6) is 0 Å². The average Bonchev–Trinajstić information content (AvgIpc) is 3.39. The summed E-state index contributed by atoms with van der Waals surface area (Å²) in [5.41, 5.74) is 5.08. The van der Waals surface area contributed by atoms with E-state index in [0.29, 0.717) is 5.92 Å². The number of hydrogen-bond acceptors (Lipinski definition) is 3. The fourth-order valence-corrected chi connectivity index (χ4v) is 3.20. The highest BCUT2D eigenvalue weighted by atomic mass is 19.1. The Morgan fingerprint density at radius 2 is 1.96 bits per heavy atom. The van der Waals surface area contributed by atoms with Crippen LogP contribution in [0.2, 0.25) is 0 Å². The minimum absolute atomic E-state index is 0.123. The maximum Gasteiger partial charge on any atom is 0.155 e. The number of hydrogen-bond donors (Lipinski definition) is 0. The number of halogens is 1. The Morgan fingerprint density at radius 3 is 2.84 bits per heavy atom. The molecule has 5 heteroatoms. The summed E-state index contributed by atoms with van der Waals surface area (Å²) in [5.74, 6) is 0.232. The molecule has 5 rings (SSSR count). The smallest absolute Gasteiger partial charge is 0.155 e. The van der Waals surface area contributed by atoms with E-state index in [2.05, 4.69) is 15.1 Å². The summed E-state index contributed by atoms with van der Waals surface area (Å²) in [5, 5.41) is 4.18. The lowest BCUT2D eigenvalue weighted by Crippen LogP contribution is -1.96. The summed E-state index contributed by atoms with van der Waals surface area (Å²) in [6, 6.07) is 13.0. The average molecular weight is 330 g/mol. The quantitative estimate of drug-likeness (QED) is 0.556. The number of rotatable bonds is 3. The predicted octanol–water partition coefficient (Wildman–Crippen LogP) is 4.47. The zero-order chi connectivity index (χ0) is 16.8. The van der Waals surface area contributed by atoms with Gasteiger partial charge in [-0.3, -0.25) is 4.98 Å². The van der Waals surface area contributed by atoms with Gasteiger partial charge < -0.3 is 0 Å². The molecular weight excluding hydrogens is 315 g/mol. The third-order valence-corrected chi connectivity index (χ3v) is 4.63. The van der Waals surface area contributed by atoms with Crippen molar-refractivity contribution in [1.82, 2.24) is 19.6 Å². The van der Waals surface area contributed by atoms with Crippen LogP contribution in [0.3, 0.4) is 0 Å². The molecule has 0 amide bonds. The van der Waals surface area contributed by atoms with E-state index in [0.717, 1.165) is 46.6 Å². The van der Waals surface area contributed by atoms with Crippen LogP contribution in [0.15, 0.2) is 61.1 Å². The minimum Gasteiger partial charge on any atom is -0.256 e.